The third-order valence-electron chi connectivity index (χ3n) is 3.30. The second kappa shape index (κ2) is 5.82. The van der Waals surface area contributed by atoms with Gasteiger partial charge in [0.1, 0.15) is 5.75 Å². The standard InChI is InChI=1S/C15H12ClIN2O2/c16-10-5-8(1-3-11(10)17)15(18)9-2-4-13-12(6-9)19-14(20)7-21-13/h1-6,15H,7,18H2,(H,19,20). The molecule has 0 fully saturated rings. The molecule has 0 spiro atoms. The van der Waals surface area contributed by atoms with Crippen LogP contribution in [0.5, 0.6) is 5.75 Å². The van der Waals surface area contributed by atoms with Crippen molar-refractivity contribution in [2.45, 2.75) is 6.04 Å². The van der Waals surface area contributed by atoms with Crippen LogP contribution in [-0.4, -0.2) is 12.5 Å². The van der Waals surface area contributed by atoms with Crippen molar-refractivity contribution in [2.75, 3.05) is 11.9 Å². The maximum absolute atomic E-state index is 11.4. The van der Waals surface area contributed by atoms with E-state index in [0.717, 1.165) is 14.7 Å². The van der Waals surface area contributed by atoms with Crippen molar-refractivity contribution in [3.8, 4) is 5.75 Å². The first-order valence-electron chi connectivity index (χ1n) is 6.32. The van der Waals surface area contributed by atoms with Crippen LogP contribution in [-0.2, 0) is 4.79 Å². The average Bonchev–Trinajstić information content (AvgIpc) is 2.48. The van der Waals surface area contributed by atoms with Crippen molar-refractivity contribution in [3.05, 3.63) is 56.1 Å². The minimum atomic E-state index is -0.316. The fourth-order valence-electron chi connectivity index (χ4n) is 2.19. The van der Waals surface area contributed by atoms with Crippen LogP contribution in [0.15, 0.2) is 36.4 Å². The van der Waals surface area contributed by atoms with E-state index in [-0.39, 0.29) is 18.6 Å². The van der Waals surface area contributed by atoms with Crippen LogP contribution in [0.2, 0.25) is 5.02 Å². The molecule has 0 bridgehead atoms. The molecule has 2 aromatic rings. The Kier molecular flexibility index (Phi) is 4.05. The number of carbonyl (C=O) groups excluding carboxylic acids is 1. The summed E-state index contributed by atoms with van der Waals surface area (Å²) in [6, 6.07) is 11.0. The molecule has 1 unspecified atom stereocenters. The number of halogens is 2. The van der Waals surface area contributed by atoms with Crippen molar-refractivity contribution in [2.24, 2.45) is 5.73 Å². The van der Waals surface area contributed by atoms with Crippen molar-refractivity contribution < 1.29 is 9.53 Å². The van der Waals surface area contributed by atoms with Gasteiger partial charge in [0.25, 0.3) is 5.91 Å². The second-order valence-electron chi connectivity index (χ2n) is 4.74. The summed E-state index contributed by atoms with van der Waals surface area (Å²) < 4.78 is 6.32. The molecule has 1 amide bonds. The van der Waals surface area contributed by atoms with E-state index in [2.05, 4.69) is 27.9 Å². The number of fused-ring (bicyclic) bond motifs is 1. The highest BCUT2D eigenvalue weighted by Gasteiger charge is 2.18. The van der Waals surface area contributed by atoms with Gasteiger partial charge in [-0.2, -0.15) is 0 Å². The third kappa shape index (κ3) is 3.00. The van der Waals surface area contributed by atoms with Gasteiger partial charge in [0, 0.05) is 3.57 Å². The zero-order valence-corrected chi connectivity index (χ0v) is 13.8. The van der Waals surface area contributed by atoms with Crippen LogP contribution < -0.4 is 15.8 Å². The predicted octanol–water partition coefficient (Wildman–Crippen LogP) is 3.32. The molecular weight excluding hydrogens is 403 g/mol. The third-order valence-corrected chi connectivity index (χ3v) is 4.87. The van der Waals surface area contributed by atoms with Crippen LogP contribution in [0.3, 0.4) is 0 Å². The molecule has 108 valence electrons. The van der Waals surface area contributed by atoms with Crippen LogP contribution in [0.25, 0.3) is 0 Å². The number of anilines is 1. The van der Waals surface area contributed by atoms with Gasteiger partial charge in [0.05, 0.1) is 16.8 Å². The minimum absolute atomic E-state index is 0.0468. The first-order chi connectivity index (χ1) is 10.0. The lowest BCUT2D eigenvalue weighted by atomic mass is 9.99. The molecule has 2 aromatic carbocycles. The molecular formula is C15H12ClIN2O2. The normalized spacial score (nSPS) is 14.9. The topological polar surface area (TPSA) is 64.3 Å². The summed E-state index contributed by atoms with van der Waals surface area (Å²) in [5.74, 6) is 0.497. The molecule has 21 heavy (non-hydrogen) atoms. The van der Waals surface area contributed by atoms with Crippen LogP contribution in [0.4, 0.5) is 5.69 Å². The largest absolute Gasteiger partial charge is 0.482 e. The molecule has 0 radical (unpaired) electrons. The number of nitrogens with two attached hydrogens (primary N) is 1. The van der Waals surface area contributed by atoms with E-state index in [1.807, 2.05) is 36.4 Å². The lowest BCUT2D eigenvalue weighted by molar-refractivity contribution is -0.118. The zero-order chi connectivity index (χ0) is 15.0. The average molecular weight is 415 g/mol. The Morgan fingerprint density at radius 2 is 1.95 bits per heavy atom. The Balaban J connectivity index is 1.94. The summed E-state index contributed by atoms with van der Waals surface area (Å²) in [5, 5.41) is 3.46. The first-order valence-corrected chi connectivity index (χ1v) is 7.77. The van der Waals surface area contributed by atoms with Gasteiger partial charge in [-0.15, -0.1) is 0 Å². The van der Waals surface area contributed by atoms with Crippen molar-refractivity contribution >= 4 is 45.8 Å². The maximum Gasteiger partial charge on any atom is 0.262 e. The van der Waals surface area contributed by atoms with Crippen molar-refractivity contribution in [3.63, 3.8) is 0 Å². The van der Waals surface area contributed by atoms with E-state index in [1.165, 1.54) is 0 Å². The molecule has 0 saturated carbocycles. The van der Waals surface area contributed by atoms with Crippen molar-refractivity contribution in [1.29, 1.82) is 0 Å². The summed E-state index contributed by atoms with van der Waals surface area (Å²) >= 11 is 8.31. The summed E-state index contributed by atoms with van der Waals surface area (Å²) in [6.07, 6.45) is 0. The lowest BCUT2D eigenvalue weighted by Crippen LogP contribution is -2.25. The van der Waals surface area contributed by atoms with Crippen LogP contribution in [0.1, 0.15) is 17.2 Å². The van der Waals surface area contributed by atoms with Gasteiger partial charge < -0.3 is 15.8 Å². The molecule has 0 aliphatic carbocycles. The Morgan fingerprint density at radius 1 is 1.24 bits per heavy atom. The number of amides is 1. The molecule has 1 aliphatic heterocycles. The number of carbonyl (C=O) groups is 1. The van der Waals surface area contributed by atoms with Gasteiger partial charge in [0.15, 0.2) is 6.61 Å². The Morgan fingerprint density at radius 3 is 2.71 bits per heavy atom. The number of hydrogen-bond acceptors (Lipinski definition) is 3. The van der Waals surface area contributed by atoms with Gasteiger partial charge in [0.2, 0.25) is 0 Å². The molecule has 4 nitrogen and oxygen atoms in total. The van der Waals surface area contributed by atoms with E-state index in [9.17, 15) is 4.79 Å². The number of rotatable bonds is 2. The minimum Gasteiger partial charge on any atom is -0.482 e. The number of ether oxygens (including phenoxy) is 1. The number of hydrogen-bond donors (Lipinski definition) is 2. The van der Waals surface area contributed by atoms with Crippen LogP contribution >= 0.6 is 34.2 Å². The summed E-state index contributed by atoms with van der Waals surface area (Å²) in [5.41, 5.74) is 8.74. The van der Waals surface area contributed by atoms with Gasteiger partial charge in [-0.3, -0.25) is 4.79 Å². The highest BCUT2D eigenvalue weighted by molar-refractivity contribution is 14.1. The maximum atomic E-state index is 11.4. The Hall–Kier alpha value is -1.31. The molecule has 3 rings (SSSR count). The molecule has 1 aliphatic rings. The van der Waals surface area contributed by atoms with E-state index < -0.39 is 0 Å². The molecule has 0 aromatic heterocycles. The monoisotopic (exact) mass is 414 g/mol. The predicted molar refractivity (Wildman–Crippen MR) is 90.8 cm³/mol. The zero-order valence-electron chi connectivity index (χ0n) is 10.9. The number of benzene rings is 2. The highest BCUT2D eigenvalue weighted by atomic mass is 127. The van der Waals surface area contributed by atoms with E-state index in [0.29, 0.717) is 16.5 Å². The van der Waals surface area contributed by atoms with Gasteiger partial charge >= 0.3 is 0 Å². The van der Waals surface area contributed by atoms with E-state index in [1.54, 1.807) is 0 Å². The van der Waals surface area contributed by atoms with Gasteiger partial charge in [-0.05, 0) is 58.0 Å². The Labute approximate surface area is 140 Å². The van der Waals surface area contributed by atoms with Crippen LogP contribution in [0, 0.1) is 3.57 Å². The quantitative estimate of drug-likeness (QED) is 0.741. The number of nitrogens with one attached hydrogen (secondary N) is 1. The molecule has 3 N–H and O–H groups in total. The fraction of sp³-hybridized carbons (Fsp3) is 0.133. The second-order valence-corrected chi connectivity index (χ2v) is 6.31. The van der Waals surface area contributed by atoms with Crippen molar-refractivity contribution in [1.82, 2.24) is 0 Å². The SMILES string of the molecule is NC(c1ccc(I)c(Cl)c1)c1ccc2c(c1)NC(=O)CO2. The molecule has 6 heteroatoms. The molecule has 0 saturated heterocycles. The molecule has 1 atom stereocenters. The summed E-state index contributed by atoms with van der Waals surface area (Å²) in [4.78, 5) is 11.4. The fourth-order valence-corrected chi connectivity index (χ4v) is 2.72. The smallest absolute Gasteiger partial charge is 0.262 e. The summed E-state index contributed by atoms with van der Waals surface area (Å²) in [7, 11) is 0. The highest BCUT2D eigenvalue weighted by Crippen LogP contribution is 2.32. The molecule has 1 heterocycles. The Bertz CT molecular complexity index is 721. The summed E-state index contributed by atoms with van der Waals surface area (Å²) in [6.45, 7) is 0.0468. The van der Waals surface area contributed by atoms with Gasteiger partial charge in [-0.1, -0.05) is 23.7 Å². The van der Waals surface area contributed by atoms with E-state index in [4.69, 9.17) is 22.1 Å². The van der Waals surface area contributed by atoms with Gasteiger partial charge in [-0.25, -0.2) is 0 Å². The van der Waals surface area contributed by atoms with E-state index >= 15 is 0 Å². The first kappa shape index (κ1) is 14.6. The lowest BCUT2D eigenvalue weighted by Gasteiger charge is -2.20.